The first-order chi connectivity index (χ1) is 14.2. The molecule has 1 aliphatic heterocycles. The molecule has 2 N–H and O–H groups in total. The largest absolute Gasteiger partial charge is 0.341 e. The Balaban J connectivity index is 1.43. The highest BCUT2D eigenvalue weighted by Crippen LogP contribution is 2.22. The van der Waals surface area contributed by atoms with Gasteiger partial charge in [-0.15, -0.1) is 0 Å². The lowest BCUT2D eigenvalue weighted by molar-refractivity contribution is 0.102. The van der Waals surface area contributed by atoms with Crippen molar-refractivity contribution in [2.75, 3.05) is 28.6 Å². The second-order valence-corrected chi connectivity index (χ2v) is 6.99. The summed E-state index contributed by atoms with van der Waals surface area (Å²) in [6.45, 7) is 3.98. The quantitative estimate of drug-likeness (QED) is 0.689. The first kappa shape index (κ1) is 18.8. The molecule has 8 nitrogen and oxygen atoms in total. The number of carbonyl (C=O) groups excluding carboxylic acids is 1. The molecule has 3 heterocycles. The number of nitrogens with zero attached hydrogens (tertiary/aromatic N) is 5. The number of hydrogen-bond donors (Lipinski definition) is 2. The molecule has 4 rings (SSSR count). The summed E-state index contributed by atoms with van der Waals surface area (Å²) >= 11 is 0. The highest BCUT2D eigenvalue weighted by atomic mass is 16.1. The number of piperidine rings is 1. The Morgan fingerprint density at radius 3 is 2.48 bits per heavy atom. The molecule has 0 atom stereocenters. The van der Waals surface area contributed by atoms with E-state index in [9.17, 15) is 4.79 Å². The second kappa shape index (κ2) is 8.64. The monoisotopic (exact) mass is 389 g/mol. The first-order valence-electron chi connectivity index (χ1n) is 9.72. The predicted molar refractivity (Wildman–Crippen MR) is 113 cm³/mol. The molecule has 0 radical (unpaired) electrons. The molecule has 0 bridgehead atoms. The molecule has 0 unspecified atom stereocenters. The number of nitrogens with one attached hydrogen (secondary N) is 2. The van der Waals surface area contributed by atoms with Gasteiger partial charge < -0.3 is 15.5 Å². The fourth-order valence-electron chi connectivity index (χ4n) is 3.25. The molecule has 29 heavy (non-hydrogen) atoms. The third kappa shape index (κ3) is 4.84. The molecule has 0 aliphatic carbocycles. The topological polar surface area (TPSA) is 95.9 Å². The summed E-state index contributed by atoms with van der Waals surface area (Å²) in [4.78, 5) is 31.6. The number of benzene rings is 1. The van der Waals surface area contributed by atoms with Crippen LogP contribution in [0.15, 0.2) is 48.9 Å². The van der Waals surface area contributed by atoms with E-state index in [4.69, 9.17) is 0 Å². The number of aryl methyl sites for hydroxylation is 1. The number of carbonyl (C=O) groups is 1. The van der Waals surface area contributed by atoms with Crippen LogP contribution in [0.1, 0.15) is 35.4 Å². The van der Waals surface area contributed by atoms with Gasteiger partial charge in [0.15, 0.2) is 0 Å². The van der Waals surface area contributed by atoms with Gasteiger partial charge in [-0.3, -0.25) is 9.78 Å². The number of aromatic nitrogens is 4. The third-order valence-corrected chi connectivity index (χ3v) is 4.69. The molecule has 8 heteroatoms. The highest BCUT2D eigenvalue weighted by Gasteiger charge is 2.15. The van der Waals surface area contributed by atoms with Crippen LogP contribution in [0.2, 0.25) is 0 Å². The Kier molecular flexibility index (Phi) is 5.60. The summed E-state index contributed by atoms with van der Waals surface area (Å²) in [6.07, 6.45) is 8.09. The van der Waals surface area contributed by atoms with Crippen LogP contribution in [0, 0.1) is 6.92 Å². The normalized spacial score (nSPS) is 13.8. The van der Waals surface area contributed by atoms with E-state index in [-0.39, 0.29) is 11.6 Å². The fourth-order valence-corrected chi connectivity index (χ4v) is 3.25. The van der Waals surface area contributed by atoms with E-state index in [1.165, 1.54) is 37.9 Å². The van der Waals surface area contributed by atoms with Crippen molar-refractivity contribution in [1.82, 2.24) is 19.9 Å². The third-order valence-electron chi connectivity index (χ3n) is 4.69. The van der Waals surface area contributed by atoms with E-state index in [1.54, 1.807) is 0 Å². The zero-order valence-electron chi connectivity index (χ0n) is 16.3. The van der Waals surface area contributed by atoms with E-state index in [2.05, 4.69) is 35.5 Å². The van der Waals surface area contributed by atoms with Crippen LogP contribution < -0.4 is 15.5 Å². The average Bonchev–Trinajstić information content (AvgIpc) is 2.76. The van der Waals surface area contributed by atoms with E-state index < -0.39 is 0 Å². The smallest absolute Gasteiger partial charge is 0.275 e. The zero-order chi connectivity index (χ0) is 20.1. The lowest BCUT2D eigenvalue weighted by Crippen LogP contribution is -2.31. The predicted octanol–water partition coefficient (Wildman–Crippen LogP) is 3.56. The van der Waals surface area contributed by atoms with Gasteiger partial charge in [-0.1, -0.05) is 0 Å². The number of amides is 1. The van der Waals surface area contributed by atoms with Crippen molar-refractivity contribution >= 4 is 29.0 Å². The standard InChI is InChI=1S/C21H23N7O/c1-15-13-19(27-21(24-15)28-11-3-2-4-12-28)25-16-5-7-17(8-6-16)26-20(29)18-14-22-9-10-23-18/h5-10,13-14H,2-4,11-12H2,1H3,(H,26,29)(H,24,25,27). The van der Waals surface area contributed by atoms with Crippen molar-refractivity contribution in [3.63, 3.8) is 0 Å². The van der Waals surface area contributed by atoms with Crippen molar-refractivity contribution in [2.45, 2.75) is 26.2 Å². The van der Waals surface area contributed by atoms with Crippen molar-refractivity contribution in [1.29, 1.82) is 0 Å². The Labute approximate surface area is 169 Å². The Morgan fingerprint density at radius 1 is 1.00 bits per heavy atom. The van der Waals surface area contributed by atoms with Crippen LogP contribution in [-0.4, -0.2) is 38.9 Å². The lowest BCUT2D eigenvalue weighted by atomic mass is 10.1. The van der Waals surface area contributed by atoms with Gasteiger partial charge in [0.25, 0.3) is 5.91 Å². The van der Waals surface area contributed by atoms with Gasteiger partial charge in [-0.25, -0.2) is 9.97 Å². The summed E-state index contributed by atoms with van der Waals surface area (Å²) in [5.74, 6) is 1.24. The van der Waals surface area contributed by atoms with Crippen LogP contribution in [0.4, 0.5) is 23.1 Å². The van der Waals surface area contributed by atoms with Crippen LogP contribution in [-0.2, 0) is 0 Å². The molecule has 1 amide bonds. The van der Waals surface area contributed by atoms with Crippen molar-refractivity contribution < 1.29 is 4.79 Å². The van der Waals surface area contributed by atoms with Gasteiger partial charge in [0.2, 0.25) is 5.95 Å². The maximum Gasteiger partial charge on any atom is 0.275 e. The van der Waals surface area contributed by atoms with Crippen molar-refractivity contribution in [2.24, 2.45) is 0 Å². The minimum Gasteiger partial charge on any atom is -0.341 e. The van der Waals surface area contributed by atoms with E-state index in [0.717, 1.165) is 36.2 Å². The second-order valence-electron chi connectivity index (χ2n) is 6.99. The van der Waals surface area contributed by atoms with Crippen molar-refractivity contribution in [3.05, 3.63) is 60.3 Å². The Hall–Kier alpha value is -3.55. The minimum absolute atomic E-state index is 0.274. The van der Waals surface area contributed by atoms with Crippen LogP contribution >= 0.6 is 0 Å². The molecular formula is C21H23N7O. The van der Waals surface area contributed by atoms with Crippen molar-refractivity contribution in [3.8, 4) is 0 Å². The van der Waals surface area contributed by atoms with Crippen LogP contribution in [0.5, 0.6) is 0 Å². The lowest BCUT2D eigenvalue weighted by Gasteiger charge is -2.27. The molecule has 2 aromatic heterocycles. The average molecular weight is 389 g/mol. The highest BCUT2D eigenvalue weighted by molar-refractivity contribution is 6.02. The summed E-state index contributed by atoms with van der Waals surface area (Å²) in [5.41, 5.74) is 2.76. The summed E-state index contributed by atoms with van der Waals surface area (Å²) in [6, 6.07) is 9.37. The SMILES string of the molecule is Cc1cc(Nc2ccc(NC(=O)c3cnccn3)cc2)nc(N2CCCCC2)n1. The van der Waals surface area contributed by atoms with Gasteiger partial charge in [0, 0.05) is 48.6 Å². The van der Waals surface area contributed by atoms with E-state index in [1.807, 2.05) is 37.3 Å². The van der Waals surface area contributed by atoms with Gasteiger partial charge in [0.05, 0.1) is 6.20 Å². The minimum atomic E-state index is -0.295. The maximum atomic E-state index is 12.2. The summed E-state index contributed by atoms with van der Waals surface area (Å²) in [7, 11) is 0. The number of anilines is 4. The molecule has 1 aromatic carbocycles. The molecule has 0 saturated carbocycles. The maximum absolute atomic E-state index is 12.2. The van der Waals surface area contributed by atoms with Gasteiger partial charge >= 0.3 is 0 Å². The number of hydrogen-bond acceptors (Lipinski definition) is 7. The summed E-state index contributed by atoms with van der Waals surface area (Å²) < 4.78 is 0. The molecule has 1 fully saturated rings. The molecular weight excluding hydrogens is 366 g/mol. The van der Waals surface area contributed by atoms with Gasteiger partial charge in [-0.2, -0.15) is 4.98 Å². The molecule has 1 saturated heterocycles. The van der Waals surface area contributed by atoms with Gasteiger partial charge in [0.1, 0.15) is 11.5 Å². The van der Waals surface area contributed by atoms with E-state index >= 15 is 0 Å². The first-order valence-corrected chi connectivity index (χ1v) is 9.72. The Morgan fingerprint density at radius 2 is 1.76 bits per heavy atom. The number of rotatable bonds is 5. The van der Waals surface area contributed by atoms with Crippen LogP contribution in [0.3, 0.4) is 0 Å². The van der Waals surface area contributed by atoms with Crippen LogP contribution in [0.25, 0.3) is 0 Å². The van der Waals surface area contributed by atoms with E-state index in [0.29, 0.717) is 5.69 Å². The molecule has 0 spiro atoms. The molecule has 3 aromatic rings. The molecule has 1 aliphatic rings. The summed E-state index contributed by atoms with van der Waals surface area (Å²) in [5, 5.41) is 6.13. The Bertz CT molecular complexity index is 970. The molecule has 148 valence electrons. The fraction of sp³-hybridized carbons (Fsp3) is 0.286. The zero-order valence-corrected chi connectivity index (χ0v) is 16.3. The van der Waals surface area contributed by atoms with Gasteiger partial charge in [-0.05, 0) is 50.5 Å².